The van der Waals surface area contributed by atoms with Gasteiger partial charge >= 0.3 is 0 Å². The molecule has 0 bridgehead atoms. The van der Waals surface area contributed by atoms with Gasteiger partial charge in [-0.2, -0.15) is 0 Å². The van der Waals surface area contributed by atoms with Crippen LogP contribution in [0.25, 0.3) is 6.08 Å². The van der Waals surface area contributed by atoms with Crippen molar-refractivity contribution in [3.63, 3.8) is 0 Å². The smallest absolute Gasteiger partial charge is 0.243 e. The molecule has 0 saturated carbocycles. The molecule has 1 amide bonds. The molecule has 1 saturated heterocycles. The lowest BCUT2D eigenvalue weighted by Crippen LogP contribution is -2.24. The number of para-hydroxylation sites is 1. The van der Waals surface area contributed by atoms with E-state index >= 15 is 0 Å². The summed E-state index contributed by atoms with van der Waals surface area (Å²) in [7, 11) is 3.85. The molecule has 1 atom stereocenters. The van der Waals surface area contributed by atoms with Gasteiger partial charge in [-0.05, 0) is 80.7 Å². The molecule has 1 heterocycles. The fourth-order valence-corrected chi connectivity index (χ4v) is 4.64. The van der Waals surface area contributed by atoms with Gasteiger partial charge in [-0.15, -0.1) is 0 Å². The molecule has 5 heteroatoms. The van der Waals surface area contributed by atoms with E-state index in [1.165, 1.54) is 13.0 Å². The molecule has 0 spiro atoms. The van der Waals surface area contributed by atoms with Crippen LogP contribution < -0.4 is 10.1 Å². The number of hydrogen-bond acceptors (Lipinski definition) is 4. The number of likely N-dealkylation sites (tertiary alicyclic amines) is 1. The van der Waals surface area contributed by atoms with Crippen LogP contribution in [0.5, 0.6) is 5.75 Å². The topological polar surface area (TPSA) is 41.6 Å². The van der Waals surface area contributed by atoms with Crippen molar-refractivity contribution in [2.75, 3.05) is 33.8 Å². The quantitative estimate of drug-likeness (QED) is 0.645. The number of nitrogens with zero attached hydrogens (tertiary/aromatic N) is 1. The van der Waals surface area contributed by atoms with E-state index in [1.54, 1.807) is 24.9 Å². The van der Waals surface area contributed by atoms with Crippen molar-refractivity contribution in [1.29, 1.82) is 0 Å². The highest BCUT2D eigenvalue weighted by atomic mass is 32.2. The van der Waals surface area contributed by atoms with Gasteiger partial charge in [0, 0.05) is 24.1 Å². The van der Waals surface area contributed by atoms with Gasteiger partial charge in [0.25, 0.3) is 0 Å². The standard InChI is InChI=1S/C24H30N2O2S/c1-18-16-21(29-23-7-5-4-6-22(23)28-3)10-8-20(18)9-11-24(27)25-14-12-19-13-15-26(2)17-19/h4-11,16,19H,12-15,17H2,1-3H3,(H,25,27)/b11-9+. The third kappa shape index (κ3) is 6.38. The first-order valence-corrected chi connectivity index (χ1v) is 10.9. The highest BCUT2D eigenvalue weighted by Crippen LogP contribution is 2.35. The molecule has 0 aliphatic carbocycles. The highest BCUT2D eigenvalue weighted by Gasteiger charge is 2.18. The average Bonchev–Trinajstić information content (AvgIpc) is 3.13. The summed E-state index contributed by atoms with van der Waals surface area (Å²) < 4.78 is 5.43. The highest BCUT2D eigenvalue weighted by molar-refractivity contribution is 7.99. The van der Waals surface area contributed by atoms with Gasteiger partial charge in [0.2, 0.25) is 5.91 Å². The van der Waals surface area contributed by atoms with E-state index in [9.17, 15) is 4.79 Å². The van der Waals surface area contributed by atoms with Gasteiger partial charge in [0.1, 0.15) is 5.75 Å². The van der Waals surface area contributed by atoms with Gasteiger partial charge in [-0.1, -0.05) is 30.0 Å². The molecule has 1 fully saturated rings. The number of carbonyl (C=O) groups is 1. The summed E-state index contributed by atoms with van der Waals surface area (Å²) in [6.07, 6.45) is 5.82. The molecule has 29 heavy (non-hydrogen) atoms. The summed E-state index contributed by atoms with van der Waals surface area (Å²) in [5.41, 5.74) is 2.20. The SMILES string of the molecule is COc1ccccc1Sc1ccc(/C=C/C(=O)NCCC2CCN(C)C2)c(C)c1. The summed E-state index contributed by atoms with van der Waals surface area (Å²) in [6, 6.07) is 14.3. The van der Waals surface area contributed by atoms with Crippen molar-refractivity contribution in [1.82, 2.24) is 10.2 Å². The molecule has 0 aromatic heterocycles. The number of ether oxygens (including phenoxy) is 1. The van der Waals surface area contributed by atoms with Gasteiger partial charge in [0.05, 0.1) is 12.0 Å². The number of rotatable bonds is 8. The summed E-state index contributed by atoms with van der Waals surface area (Å²) in [5.74, 6) is 1.56. The predicted octanol–water partition coefficient (Wildman–Crippen LogP) is 4.63. The third-order valence-electron chi connectivity index (χ3n) is 5.29. The second-order valence-corrected chi connectivity index (χ2v) is 8.72. The minimum Gasteiger partial charge on any atom is -0.496 e. The molecule has 0 radical (unpaired) electrons. The Bertz CT molecular complexity index is 866. The maximum atomic E-state index is 12.1. The summed E-state index contributed by atoms with van der Waals surface area (Å²) in [5, 5.41) is 3.01. The Morgan fingerprint density at radius 1 is 1.31 bits per heavy atom. The Labute approximate surface area is 178 Å². The van der Waals surface area contributed by atoms with Crippen molar-refractivity contribution in [2.24, 2.45) is 5.92 Å². The maximum absolute atomic E-state index is 12.1. The number of aryl methyl sites for hydroxylation is 1. The average molecular weight is 411 g/mol. The molecular formula is C24H30N2O2S. The van der Waals surface area contributed by atoms with E-state index in [2.05, 4.69) is 48.5 Å². The van der Waals surface area contributed by atoms with Crippen molar-refractivity contribution < 1.29 is 9.53 Å². The number of amides is 1. The second-order valence-electron chi connectivity index (χ2n) is 7.60. The minimum atomic E-state index is -0.0248. The lowest BCUT2D eigenvalue weighted by atomic mass is 10.1. The van der Waals surface area contributed by atoms with Crippen LogP contribution in [0.3, 0.4) is 0 Å². The van der Waals surface area contributed by atoms with E-state index in [4.69, 9.17) is 4.74 Å². The lowest BCUT2D eigenvalue weighted by Gasteiger charge is -2.10. The molecule has 4 nitrogen and oxygen atoms in total. The Kier molecular flexibility index (Phi) is 7.78. The lowest BCUT2D eigenvalue weighted by molar-refractivity contribution is -0.116. The van der Waals surface area contributed by atoms with Crippen molar-refractivity contribution in [3.8, 4) is 5.75 Å². The Hall–Kier alpha value is -2.24. The monoisotopic (exact) mass is 410 g/mol. The van der Waals surface area contributed by atoms with Crippen LogP contribution in [-0.2, 0) is 4.79 Å². The number of methoxy groups -OCH3 is 1. The van der Waals surface area contributed by atoms with Crippen LogP contribution in [0.4, 0.5) is 0 Å². The normalized spacial score (nSPS) is 17.0. The van der Waals surface area contributed by atoms with Crippen molar-refractivity contribution >= 4 is 23.7 Å². The Morgan fingerprint density at radius 3 is 2.86 bits per heavy atom. The first kappa shape index (κ1) is 21.5. The molecule has 1 aliphatic rings. The molecule has 2 aromatic rings. The van der Waals surface area contributed by atoms with Gasteiger partial charge < -0.3 is 15.0 Å². The van der Waals surface area contributed by atoms with E-state index in [0.717, 1.165) is 46.2 Å². The fraction of sp³-hybridized carbons (Fsp3) is 0.375. The fourth-order valence-electron chi connectivity index (χ4n) is 3.61. The molecular weight excluding hydrogens is 380 g/mol. The van der Waals surface area contributed by atoms with Crippen molar-refractivity contribution in [2.45, 2.75) is 29.6 Å². The predicted molar refractivity (Wildman–Crippen MR) is 121 cm³/mol. The number of carbonyl (C=O) groups excluding carboxylic acids is 1. The van der Waals surface area contributed by atoms with Crippen LogP contribution in [-0.4, -0.2) is 44.6 Å². The summed E-state index contributed by atoms with van der Waals surface area (Å²) >= 11 is 1.68. The Morgan fingerprint density at radius 2 is 2.14 bits per heavy atom. The second kappa shape index (κ2) is 10.5. The molecule has 1 N–H and O–H groups in total. The van der Waals surface area contributed by atoms with Gasteiger partial charge in [-0.25, -0.2) is 0 Å². The summed E-state index contributed by atoms with van der Waals surface area (Å²) in [4.78, 5) is 16.7. The molecule has 1 aliphatic heterocycles. The van der Waals surface area contributed by atoms with Crippen LogP contribution in [0, 0.1) is 12.8 Å². The first-order chi connectivity index (χ1) is 14.0. The Balaban J connectivity index is 1.52. The van der Waals surface area contributed by atoms with E-state index in [1.807, 2.05) is 24.3 Å². The van der Waals surface area contributed by atoms with Crippen LogP contribution >= 0.6 is 11.8 Å². The zero-order chi connectivity index (χ0) is 20.6. The van der Waals surface area contributed by atoms with E-state index in [0.29, 0.717) is 5.92 Å². The molecule has 2 aromatic carbocycles. The number of hydrogen-bond donors (Lipinski definition) is 1. The molecule has 154 valence electrons. The number of benzene rings is 2. The zero-order valence-corrected chi connectivity index (χ0v) is 18.3. The summed E-state index contributed by atoms with van der Waals surface area (Å²) in [6.45, 7) is 5.13. The largest absolute Gasteiger partial charge is 0.496 e. The number of nitrogens with one attached hydrogen (secondary N) is 1. The van der Waals surface area contributed by atoms with Crippen LogP contribution in [0.2, 0.25) is 0 Å². The zero-order valence-electron chi connectivity index (χ0n) is 17.5. The maximum Gasteiger partial charge on any atom is 0.243 e. The van der Waals surface area contributed by atoms with Crippen LogP contribution in [0.1, 0.15) is 24.0 Å². The molecule has 1 unspecified atom stereocenters. The molecule has 3 rings (SSSR count). The van der Waals surface area contributed by atoms with E-state index < -0.39 is 0 Å². The minimum absolute atomic E-state index is 0.0248. The van der Waals surface area contributed by atoms with Gasteiger partial charge in [0.15, 0.2) is 0 Å². The third-order valence-corrected chi connectivity index (χ3v) is 6.34. The van der Waals surface area contributed by atoms with Crippen molar-refractivity contribution in [3.05, 3.63) is 59.7 Å². The van der Waals surface area contributed by atoms with Gasteiger partial charge in [-0.3, -0.25) is 4.79 Å². The van der Waals surface area contributed by atoms with Crippen LogP contribution in [0.15, 0.2) is 58.3 Å². The first-order valence-electron chi connectivity index (χ1n) is 10.1. The van der Waals surface area contributed by atoms with E-state index in [-0.39, 0.29) is 5.91 Å².